The predicted molar refractivity (Wildman–Crippen MR) is 61.8 cm³/mol. The standard InChI is InChI=1S/C12H8F3NOS/c13-9-3-8(4-10(14)11(9)15)12(17)16-5-7-1-2-18-6-7/h1-4,6H,5H2,(H,16,17). The first-order valence-corrected chi connectivity index (χ1v) is 5.96. The molecular formula is C12H8F3NOS. The zero-order chi connectivity index (χ0) is 13.1. The molecule has 0 radical (unpaired) electrons. The number of rotatable bonds is 3. The number of thiophene rings is 1. The molecule has 1 amide bonds. The van der Waals surface area contributed by atoms with E-state index < -0.39 is 23.4 Å². The summed E-state index contributed by atoms with van der Waals surface area (Å²) in [6.07, 6.45) is 0. The van der Waals surface area contributed by atoms with Gasteiger partial charge in [0.15, 0.2) is 17.5 Å². The molecule has 0 saturated carbocycles. The predicted octanol–water partition coefficient (Wildman–Crippen LogP) is 3.10. The van der Waals surface area contributed by atoms with Gasteiger partial charge in [-0.1, -0.05) is 0 Å². The fourth-order valence-corrected chi connectivity index (χ4v) is 2.03. The maximum Gasteiger partial charge on any atom is 0.251 e. The van der Waals surface area contributed by atoms with Gasteiger partial charge in [-0.3, -0.25) is 4.79 Å². The third kappa shape index (κ3) is 2.70. The lowest BCUT2D eigenvalue weighted by Crippen LogP contribution is -2.23. The average Bonchev–Trinajstić information content (AvgIpc) is 2.85. The maximum atomic E-state index is 12.9. The second kappa shape index (κ2) is 5.22. The van der Waals surface area contributed by atoms with E-state index in [4.69, 9.17) is 0 Å². The molecule has 6 heteroatoms. The van der Waals surface area contributed by atoms with Crippen LogP contribution in [0, 0.1) is 17.5 Å². The zero-order valence-corrected chi connectivity index (χ0v) is 9.86. The maximum absolute atomic E-state index is 12.9. The second-order valence-electron chi connectivity index (χ2n) is 3.57. The topological polar surface area (TPSA) is 29.1 Å². The highest BCUT2D eigenvalue weighted by Crippen LogP contribution is 2.14. The number of hydrogen-bond donors (Lipinski definition) is 1. The quantitative estimate of drug-likeness (QED) is 0.854. The third-order valence-corrected chi connectivity index (χ3v) is 3.01. The van der Waals surface area contributed by atoms with Crippen molar-refractivity contribution in [2.45, 2.75) is 6.54 Å². The molecule has 0 spiro atoms. The Morgan fingerprint density at radius 1 is 1.22 bits per heavy atom. The van der Waals surface area contributed by atoms with Gasteiger partial charge < -0.3 is 5.32 Å². The molecule has 94 valence electrons. The molecule has 0 atom stereocenters. The summed E-state index contributed by atoms with van der Waals surface area (Å²) in [4.78, 5) is 11.6. The fourth-order valence-electron chi connectivity index (χ4n) is 1.36. The van der Waals surface area contributed by atoms with Crippen LogP contribution in [0.15, 0.2) is 29.0 Å². The Labute approximate surface area is 105 Å². The van der Waals surface area contributed by atoms with Gasteiger partial charge in [0.25, 0.3) is 5.91 Å². The van der Waals surface area contributed by atoms with Crippen molar-refractivity contribution < 1.29 is 18.0 Å². The molecule has 1 aromatic heterocycles. The molecule has 18 heavy (non-hydrogen) atoms. The summed E-state index contributed by atoms with van der Waals surface area (Å²) >= 11 is 1.47. The van der Waals surface area contributed by atoms with Crippen LogP contribution in [0.4, 0.5) is 13.2 Å². The molecule has 0 aliphatic heterocycles. The molecule has 0 unspecified atom stereocenters. The van der Waals surface area contributed by atoms with Crippen LogP contribution in [0.5, 0.6) is 0 Å². The van der Waals surface area contributed by atoms with Crippen LogP contribution in [-0.4, -0.2) is 5.91 Å². The Bertz CT molecular complexity index is 546. The smallest absolute Gasteiger partial charge is 0.251 e. The van der Waals surface area contributed by atoms with Crippen molar-refractivity contribution in [1.29, 1.82) is 0 Å². The second-order valence-corrected chi connectivity index (χ2v) is 4.35. The molecular weight excluding hydrogens is 263 g/mol. The summed E-state index contributed by atoms with van der Waals surface area (Å²) in [6, 6.07) is 3.15. The normalized spacial score (nSPS) is 10.4. The number of amides is 1. The molecule has 0 fully saturated rings. The Kier molecular flexibility index (Phi) is 3.66. The molecule has 1 heterocycles. The molecule has 0 aliphatic carbocycles. The van der Waals surface area contributed by atoms with Gasteiger partial charge in [0.05, 0.1) is 0 Å². The molecule has 2 rings (SSSR count). The van der Waals surface area contributed by atoms with E-state index in [1.54, 1.807) is 0 Å². The molecule has 2 nitrogen and oxygen atoms in total. The number of halogens is 3. The highest BCUT2D eigenvalue weighted by atomic mass is 32.1. The van der Waals surface area contributed by atoms with Crippen LogP contribution < -0.4 is 5.32 Å². The van der Waals surface area contributed by atoms with E-state index in [-0.39, 0.29) is 12.1 Å². The van der Waals surface area contributed by atoms with Crippen molar-refractivity contribution >= 4 is 17.2 Å². The highest BCUT2D eigenvalue weighted by Gasteiger charge is 2.14. The Morgan fingerprint density at radius 3 is 2.44 bits per heavy atom. The van der Waals surface area contributed by atoms with E-state index in [1.165, 1.54) is 11.3 Å². The van der Waals surface area contributed by atoms with E-state index in [9.17, 15) is 18.0 Å². The van der Waals surface area contributed by atoms with Crippen LogP contribution in [-0.2, 0) is 6.54 Å². The first-order valence-electron chi connectivity index (χ1n) is 5.01. The first-order chi connectivity index (χ1) is 8.58. The lowest BCUT2D eigenvalue weighted by molar-refractivity contribution is 0.0950. The minimum atomic E-state index is -1.58. The summed E-state index contributed by atoms with van der Waals surface area (Å²) in [5.74, 6) is -4.99. The van der Waals surface area contributed by atoms with E-state index in [0.717, 1.165) is 5.56 Å². The summed E-state index contributed by atoms with van der Waals surface area (Å²) in [5.41, 5.74) is 0.637. The van der Waals surface area contributed by atoms with E-state index in [2.05, 4.69) is 5.32 Å². The largest absolute Gasteiger partial charge is 0.348 e. The molecule has 0 aliphatic rings. The van der Waals surface area contributed by atoms with Crippen LogP contribution in [0.1, 0.15) is 15.9 Å². The molecule has 0 bridgehead atoms. The molecule has 2 aromatic rings. The highest BCUT2D eigenvalue weighted by molar-refractivity contribution is 7.07. The number of benzene rings is 1. The number of hydrogen-bond acceptors (Lipinski definition) is 2. The van der Waals surface area contributed by atoms with Crippen molar-refractivity contribution in [2.75, 3.05) is 0 Å². The van der Waals surface area contributed by atoms with Gasteiger partial charge in [0, 0.05) is 12.1 Å². The number of carbonyl (C=O) groups is 1. The minimum absolute atomic E-state index is 0.248. The van der Waals surface area contributed by atoms with Crippen molar-refractivity contribution in [3.63, 3.8) is 0 Å². The molecule has 1 N–H and O–H groups in total. The van der Waals surface area contributed by atoms with Crippen LogP contribution in [0.25, 0.3) is 0 Å². The Morgan fingerprint density at radius 2 is 1.89 bits per heavy atom. The average molecular weight is 271 g/mol. The summed E-state index contributed by atoms with van der Waals surface area (Å²) in [7, 11) is 0. The van der Waals surface area contributed by atoms with Gasteiger partial charge >= 0.3 is 0 Å². The fraction of sp³-hybridized carbons (Fsp3) is 0.0833. The van der Waals surface area contributed by atoms with Gasteiger partial charge in [-0.05, 0) is 34.5 Å². The third-order valence-electron chi connectivity index (χ3n) is 2.28. The molecule has 0 saturated heterocycles. The zero-order valence-electron chi connectivity index (χ0n) is 9.04. The van der Waals surface area contributed by atoms with Gasteiger partial charge in [-0.25, -0.2) is 13.2 Å². The number of nitrogens with one attached hydrogen (secondary N) is 1. The summed E-state index contributed by atoms with van der Waals surface area (Å²) in [6.45, 7) is 0.253. The first kappa shape index (κ1) is 12.6. The van der Waals surface area contributed by atoms with Crippen LogP contribution in [0.3, 0.4) is 0 Å². The lowest BCUT2D eigenvalue weighted by Gasteiger charge is -2.05. The lowest BCUT2D eigenvalue weighted by atomic mass is 10.2. The van der Waals surface area contributed by atoms with Crippen molar-refractivity contribution in [2.24, 2.45) is 0 Å². The monoisotopic (exact) mass is 271 g/mol. The summed E-state index contributed by atoms with van der Waals surface area (Å²) in [5, 5.41) is 6.17. The number of carbonyl (C=O) groups excluding carboxylic acids is 1. The van der Waals surface area contributed by atoms with Crippen LogP contribution in [0.2, 0.25) is 0 Å². The Hall–Kier alpha value is -1.82. The van der Waals surface area contributed by atoms with Gasteiger partial charge in [-0.2, -0.15) is 11.3 Å². The van der Waals surface area contributed by atoms with Gasteiger partial charge in [-0.15, -0.1) is 0 Å². The minimum Gasteiger partial charge on any atom is -0.348 e. The summed E-state index contributed by atoms with van der Waals surface area (Å²) < 4.78 is 38.5. The van der Waals surface area contributed by atoms with E-state index >= 15 is 0 Å². The van der Waals surface area contributed by atoms with Crippen molar-refractivity contribution in [3.05, 3.63) is 57.5 Å². The Balaban J connectivity index is 2.09. The van der Waals surface area contributed by atoms with Gasteiger partial charge in [0.1, 0.15) is 0 Å². The van der Waals surface area contributed by atoms with Crippen molar-refractivity contribution in [3.8, 4) is 0 Å². The SMILES string of the molecule is O=C(NCc1ccsc1)c1cc(F)c(F)c(F)c1. The molecule has 1 aromatic carbocycles. The van der Waals surface area contributed by atoms with E-state index in [1.807, 2.05) is 16.8 Å². The van der Waals surface area contributed by atoms with Crippen LogP contribution >= 0.6 is 11.3 Å². The van der Waals surface area contributed by atoms with Gasteiger partial charge in [0.2, 0.25) is 0 Å². The van der Waals surface area contributed by atoms with E-state index in [0.29, 0.717) is 12.1 Å². The van der Waals surface area contributed by atoms with Crippen molar-refractivity contribution in [1.82, 2.24) is 5.32 Å².